The summed E-state index contributed by atoms with van der Waals surface area (Å²) in [6.07, 6.45) is 10.4. The maximum Gasteiger partial charge on any atom is 0.331 e. The minimum Gasteiger partial charge on any atom is -0.452 e. The van der Waals surface area contributed by atoms with Crippen LogP contribution in [0.3, 0.4) is 0 Å². The van der Waals surface area contributed by atoms with Crippen LogP contribution in [0.25, 0.3) is 6.08 Å². The van der Waals surface area contributed by atoms with Gasteiger partial charge in [0.05, 0.1) is 0 Å². The van der Waals surface area contributed by atoms with Crippen molar-refractivity contribution in [2.45, 2.75) is 44.1 Å². The predicted octanol–water partition coefficient (Wildman–Crippen LogP) is 3.33. The molecule has 0 spiro atoms. The summed E-state index contributed by atoms with van der Waals surface area (Å²) in [5.74, 6) is 1.70. The summed E-state index contributed by atoms with van der Waals surface area (Å²) < 4.78 is 5.10. The van der Waals surface area contributed by atoms with Crippen molar-refractivity contribution < 1.29 is 14.3 Å². The lowest BCUT2D eigenvalue weighted by Gasteiger charge is -2.56. The van der Waals surface area contributed by atoms with Crippen molar-refractivity contribution in [1.82, 2.24) is 5.32 Å². The molecule has 1 aromatic carbocycles. The molecule has 0 aliphatic heterocycles. The molecule has 4 bridgehead atoms. The van der Waals surface area contributed by atoms with Crippen LogP contribution in [0.2, 0.25) is 0 Å². The van der Waals surface area contributed by atoms with Gasteiger partial charge in [-0.25, -0.2) is 4.79 Å². The number of rotatable bonds is 5. The van der Waals surface area contributed by atoms with E-state index < -0.39 is 5.97 Å². The van der Waals surface area contributed by atoms with E-state index in [0.717, 1.165) is 42.6 Å². The molecule has 4 heteroatoms. The second-order valence-corrected chi connectivity index (χ2v) is 8.10. The lowest BCUT2D eigenvalue weighted by Crippen LogP contribution is -2.60. The van der Waals surface area contributed by atoms with E-state index in [9.17, 15) is 9.59 Å². The van der Waals surface area contributed by atoms with E-state index >= 15 is 0 Å². The molecule has 0 unspecified atom stereocenters. The standard InChI is InChI=1S/C21H25NO3/c23-19(14-25-20(24)7-6-15-4-2-1-3-5-15)22-21-11-16-8-17(12-21)10-18(9-16)13-21/h1-7,16-18H,8-14H2,(H,22,23)/b7-6+. The van der Waals surface area contributed by atoms with Gasteiger partial charge in [0, 0.05) is 11.6 Å². The third-order valence-corrected chi connectivity index (χ3v) is 6.00. The predicted molar refractivity (Wildman–Crippen MR) is 95.5 cm³/mol. The molecule has 5 rings (SSSR count). The Hall–Kier alpha value is -2.10. The molecule has 4 saturated carbocycles. The van der Waals surface area contributed by atoms with Crippen LogP contribution in [-0.2, 0) is 14.3 Å². The van der Waals surface area contributed by atoms with Crippen LogP contribution < -0.4 is 5.32 Å². The molecule has 132 valence electrons. The van der Waals surface area contributed by atoms with E-state index in [4.69, 9.17) is 4.74 Å². The second kappa shape index (κ2) is 6.66. The average molecular weight is 339 g/mol. The van der Waals surface area contributed by atoms with Crippen LogP contribution in [-0.4, -0.2) is 24.0 Å². The lowest BCUT2D eigenvalue weighted by molar-refractivity contribution is -0.145. The van der Waals surface area contributed by atoms with Gasteiger partial charge in [-0.05, 0) is 67.9 Å². The fraction of sp³-hybridized carbons (Fsp3) is 0.524. The van der Waals surface area contributed by atoms with Crippen LogP contribution >= 0.6 is 0 Å². The quantitative estimate of drug-likeness (QED) is 0.661. The molecule has 1 N–H and O–H groups in total. The molecule has 4 aliphatic carbocycles. The SMILES string of the molecule is O=C(COC(=O)/C=C/c1ccccc1)NC12CC3CC(CC(C3)C1)C2. The molecule has 25 heavy (non-hydrogen) atoms. The molecule has 1 amide bonds. The van der Waals surface area contributed by atoms with Gasteiger partial charge in [0.25, 0.3) is 5.91 Å². The smallest absolute Gasteiger partial charge is 0.331 e. The second-order valence-electron chi connectivity index (χ2n) is 8.10. The zero-order valence-electron chi connectivity index (χ0n) is 14.4. The van der Waals surface area contributed by atoms with Gasteiger partial charge in [0.1, 0.15) is 0 Å². The molecule has 0 aromatic heterocycles. The Morgan fingerprint density at radius 3 is 2.24 bits per heavy atom. The van der Waals surface area contributed by atoms with Gasteiger partial charge in [-0.3, -0.25) is 4.79 Å². The van der Waals surface area contributed by atoms with Crippen LogP contribution in [0.1, 0.15) is 44.1 Å². The Kier molecular flexibility index (Phi) is 4.36. The zero-order valence-corrected chi connectivity index (χ0v) is 14.4. The van der Waals surface area contributed by atoms with Crippen molar-refractivity contribution in [3.05, 3.63) is 42.0 Å². The summed E-state index contributed by atoms with van der Waals surface area (Å²) in [5, 5.41) is 3.21. The fourth-order valence-corrected chi connectivity index (χ4v) is 5.51. The van der Waals surface area contributed by atoms with E-state index in [0.29, 0.717) is 0 Å². The van der Waals surface area contributed by atoms with Crippen LogP contribution in [0.5, 0.6) is 0 Å². The number of hydrogen-bond acceptors (Lipinski definition) is 3. The van der Waals surface area contributed by atoms with E-state index in [1.807, 2.05) is 30.3 Å². The first kappa shape index (κ1) is 16.4. The van der Waals surface area contributed by atoms with E-state index in [1.54, 1.807) is 6.08 Å². The van der Waals surface area contributed by atoms with Gasteiger partial charge in [0.15, 0.2) is 6.61 Å². The van der Waals surface area contributed by atoms with Crippen molar-refractivity contribution in [1.29, 1.82) is 0 Å². The van der Waals surface area contributed by atoms with Crippen molar-refractivity contribution in [2.24, 2.45) is 17.8 Å². The molecule has 0 atom stereocenters. The zero-order chi connectivity index (χ0) is 17.3. The molecular weight excluding hydrogens is 314 g/mol. The lowest BCUT2D eigenvalue weighted by atomic mass is 9.53. The van der Waals surface area contributed by atoms with Gasteiger partial charge in [0.2, 0.25) is 0 Å². The Morgan fingerprint density at radius 2 is 1.64 bits per heavy atom. The van der Waals surface area contributed by atoms with Crippen molar-refractivity contribution in [2.75, 3.05) is 6.61 Å². The number of ether oxygens (including phenoxy) is 1. The summed E-state index contributed by atoms with van der Waals surface area (Å²) in [7, 11) is 0. The summed E-state index contributed by atoms with van der Waals surface area (Å²) in [6.45, 7) is -0.195. The van der Waals surface area contributed by atoms with Crippen molar-refractivity contribution in [3.63, 3.8) is 0 Å². The highest BCUT2D eigenvalue weighted by atomic mass is 16.5. The number of hydrogen-bond donors (Lipinski definition) is 1. The van der Waals surface area contributed by atoms with Crippen molar-refractivity contribution in [3.8, 4) is 0 Å². The molecule has 4 aliphatic rings. The number of carbonyl (C=O) groups is 2. The van der Waals surface area contributed by atoms with E-state index in [-0.39, 0.29) is 18.1 Å². The summed E-state index contributed by atoms with van der Waals surface area (Å²) >= 11 is 0. The maximum atomic E-state index is 12.3. The van der Waals surface area contributed by atoms with Crippen LogP contribution in [0.4, 0.5) is 0 Å². The van der Waals surface area contributed by atoms with E-state index in [2.05, 4.69) is 5.32 Å². The van der Waals surface area contributed by atoms with Gasteiger partial charge in [-0.1, -0.05) is 30.3 Å². The van der Waals surface area contributed by atoms with Crippen molar-refractivity contribution >= 4 is 18.0 Å². The fourth-order valence-electron chi connectivity index (χ4n) is 5.51. The molecule has 4 fully saturated rings. The Labute approximate surface area is 148 Å². The highest BCUT2D eigenvalue weighted by Crippen LogP contribution is 2.55. The van der Waals surface area contributed by atoms with Gasteiger partial charge < -0.3 is 10.1 Å². The third-order valence-electron chi connectivity index (χ3n) is 6.00. The maximum absolute atomic E-state index is 12.3. The first-order valence-electron chi connectivity index (χ1n) is 9.31. The molecule has 0 saturated heterocycles. The van der Waals surface area contributed by atoms with Gasteiger partial charge in [-0.2, -0.15) is 0 Å². The Bertz CT molecular complexity index is 644. The molecule has 4 nitrogen and oxygen atoms in total. The van der Waals surface area contributed by atoms with Crippen LogP contribution in [0, 0.1) is 17.8 Å². The highest BCUT2D eigenvalue weighted by molar-refractivity contribution is 5.89. The van der Waals surface area contributed by atoms with Gasteiger partial charge in [-0.15, -0.1) is 0 Å². The number of carbonyl (C=O) groups excluding carboxylic acids is 2. The summed E-state index contributed by atoms with van der Waals surface area (Å²) in [5.41, 5.74) is 0.899. The van der Waals surface area contributed by atoms with Crippen LogP contribution in [0.15, 0.2) is 36.4 Å². The number of esters is 1. The Morgan fingerprint density at radius 1 is 1.04 bits per heavy atom. The largest absolute Gasteiger partial charge is 0.452 e. The normalized spacial score (nSPS) is 32.7. The molecule has 1 aromatic rings. The minimum absolute atomic E-state index is 0.0296. The highest BCUT2D eigenvalue weighted by Gasteiger charge is 2.51. The topological polar surface area (TPSA) is 55.4 Å². The number of nitrogens with one attached hydrogen (secondary N) is 1. The molecule has 0 heterocycles. The minimum atomic E-state index is -0.482. The summed E-state index contributed by atoms with van der Waals surface area (Å²) in [4.78, 5) is 24.1. The first-order valence-corrected chi connectivity index (χ1v) is 9.31. The average Bonchev–Trinajstić information content (AvgIpc) is 2.57. The Balaban J connectivity index is 1.27. The third kappa shape index (κ3) is 3.78. The number of benzene rings is 1. The number of amides is 1. The van der Waals surface area contributed by atoms with Gasteiger partial charge >= 0.3 is 5.97 Å². The first-order chi connectivity index (χ1) is 12.1. The molecular formula is C21H25NO3. The van der Waals surface area contributed by atoms with E-state index in [1.165, 1.54) is 25.3 Å². The monoisotopic (exact) mass is 339 g/mol. The molecule has 0 radical (unpaired) electrons. The summed E-state index contributed by atoms with van der Waals surface area (Å²) in [6, 6.07) is 9.55.